The van der Waals surface area contributed by atoms with Gasteiger partial charge in [0.05, 0.1) is 11.6 Å². The van der Waals surface area contributed by atoms with Gasteiger partial charge in [-0.3, -0.25) is 14.3 Å². The van der Waals surface area contributed by atoms with E-state index < -0.39 is 11.7 Å². The summed E-state index contributed by atoms with van der Waals surface area (Å²) in [6.07, 6.45) is 4.44. The lowest BCUT2D eigenvalue weighted by molar-refractivity contribution is -0.111. The van der Waals surface area contributed by atoms with E-state index in [1.165, 1.54) is 37.3 Å². The van der Waals surface area contributed by atoms with Crippen LogP contribution in [-0.2, 0) is 11.3 Å². The molecule has 3 aromatic rings. The minimum Gasteiger partial charge on any atom is -0.456 e. The number of carbonyl (C=O) groups excluding carboxylic acids is 2. The highest BCUT2D eigenvalue weighted by Gasteiger charge is 2.08. The molecule has 0 aliphatic rings. The second kappa shape index (κ2) is 8.01. The van der Waals surface area contributed by atoms with Gasteiger partial charge in [-0.2, -0.15) is 5.10 Å². The number of furan rings is 1. The number of nitrogens with one attached hydrogen (secondary N) is 1. The van der Waals surface area contributed by atoms with Gasteiger partial charge in [-0.15, -0.1) is 0 Å². The molecule has 0 radical (unpaired) electrons. The number of carbonyl (C=O) groups is 2. The molecule has 0 atom stereocenters. The Labute approximate surface area is 159 Å². The normalized spacial score (nSPS) is 11.1. The molecule has 6 nitrogen and oxygen atoms in total. The number of amides is 1. The molecular formula is C19H15ClFN3O3. The van der Waals surface area contributed by atoms with Gasteiger partial charge in [-0.05, 0) is 35.9 Å². The number of hydrogen-bond donors (Lipinski definition) is 1. The van der Waals surface area contributed by atoms with E-state index in [9.17, 15) is 14.0 Å². The van der Waals surface area contributed by atoms with E-state index in [0.717, 1.165) is 0 Å². The van der Waals surface area contributed by atoms with Crippen LogP contribution in [0.3, 0.4) is 0 Å². The molecule has 3 rings (SSSR count). The molecule has 0 saturated heterocycles. The number of rotatable bonds is 6. The molecule has 2 aromatic heterocycles. The Kier molecular flexibility index (Phi) is 5.52. The van der Waals surface area contributed by atoms with Crippen LogP contribution in [-0.4, -0.2) is 21.5 Å². The summed E-state index contributed by atoms with van der Waals surface area (Å²) in [4.78, 5) is 23.2. The minimum absolute atomic E-state index is 0.150. The molecule has 1 N–H and O–H groups in total. The van der Waals surface area contributed by atoms with Gasteiger partial charge in [-0.1, -0.05) is 17.7 Å². The van der Waals surface area contributed by atoms with Crippen LogP contribution in [0.1, 0.15) is 28.8 Å². The number of nitrogens with zero attached hydrogens (tertiary/aromatic N) is 2. The Morgan fingerprint density at radius 1 is 1.30 bits per heavy atom. The zero-order valence-corrected chi connectivity index (χ0v) is 15.0. The lowest BCUT2D eigenvalue weighted by Crippen LogP contribution is -2.09. The molecular weight excluding hydrogens is 373 g/mol. The maximum absolute atomic E-state index is 13.0. The fourth-order valence-corrected chi connectivity index (χ4v) is 2.53. The Hall–Kier alpha value is -3.19. The maximum atomic E-state index is 13.0. The van der Waals surface area contributed by atoms with Crippen molar-refractivity contribution in [2.45, 2.75) is 13.5 Å². The fraction of sp³-hybridized carbons (Fsp3) is 0.105. The van der Waals surface area contributed by atoms with Gasteiger partial charge >= 0.3 is 0 Å². The summed E-state index contributed by atoms with van der Waals surface area (Å²) < 4.78 is 20.0. The van der Waals surface area contributed by atoms with E-state index in [4.69, 9.17) is 16.0 Å². The molecule has 8 heteroatoms. The number of halogens is 2. The summed E-state index contributed by atoms with van der Waals surface area (Å²) >= 11 is 5.91. The van der Waals surface area contributed by atoms with Crippen molar-refractivity contribution in [3.05, 3.63) is 76.6 Å². The SMILES string of the molecule is CC(=O)c1ccc(Cn2ccc(NC(=O)C=Cc3ccc(F)cc3Cl)n2)o1. The molecule has 2 heterocycles. The van der Waals surface area contributed by atoms with Crippen molar-refractivity contribution in [3.8, 4) is 0 Å². The highest BCUT2D eigenvalue weighted by molar-refractivity contribution is 6.32. The van der Waals surface area contributed by atoms with Gasteiger partial charge in [0.15, 0.2) is 17.4 Å². The van der Waals surface area contributed by atoms with E-state index in [1.54, 1.807) is 29.1 Å². The average Bonchev–Trinajstić information content (AvgIpc) is 3.24. The van der Waals surface area contributed by atoms with Gasteiger partial charge in [-0.25, -0.2) is 4.39 Å². The zero-order valence-electron chi connectivity index (χ0n) is 14.3. The molecule has 27 heavy (non-hydrogen) atoms. The second-order valence-corrected chi connectivity index (χ2v) is 6.12. The average molecular weight is 388 g/mol. The first-order chi connectivity index (χ1) is 12.9. The summed E-state index contributed by atoms with van der Waals surface area (Å²) in [6.45, 7) is 1.75. The molecule has 1 amide bonds. The highest BCUT2D eigenvalue weighted by Crippen LogP contribution is 2.18. The third-order valence-electron chi connectivity index (χ3n) is 3.60. The van der Waals surface area contributed by atoms with E-state index in [1.807, 2.05) is 0 Å². The van der Waals surface area contributed by atoms with E-state index in [0.29, 0.717) is 23.7 Å². The first-order valence-corrected chi connectivity index (χ1v) is 8.36. The summed E-state index contributed by atoms with van der Waals surface area (Å²) in [5.41, 5.74) is 0.526. The van der Waals surface area contributed by atoms with Crippen LogP contribution < -0.4 is 5.32 Å². The number of aromatic nitrogens is 2. The minimum atomic E-state index is -0.445. The van der Waals surface area contributed by atoms with Gasteiger partial charge < -0.3 is 9.73 Å². The molecule has 0 aliphatic heterocycles. The van der Waals surface area contributed by atoms with Crippen molar-refractivity contribution in [1.82, 2.24) is 9.78 Å². The van der Waals surface area contributed by atoms with E-state index in [2.05, 4.69) is 10.4 Å². The van der Waals surface area contributed by atoms with Crippen LogP contribution in [0.15, 0.2) is 53.1 Å². The Morgan fingerprint density at radius 2 is 2.11 bits per heavy atom. The van der Waals surface area contributed by atoms with Gasteiger partial charge in [0, 0.05) is 25.3 Å². The van der Waals surface area contributed by atoms with Crippen molar-refractivity contribution in [2.24, 2.45) is 0 Å². The summed E-state index contributed by atoms with van der Waals surface area (Å²) in [6, 6.07) is 8.85. The van der Waals surface area contributed by atoms with Gasteiger partial charge in [0.1, 0.15) is 11.6 Å². The maximum Gasteiger partial charge on any atom is 0.249 e. The van der Waals surface area contributed by atoms with Gasteiger partial charge in [0.2, 0.25) is 5.91 Å². The Balaban J connectivity index is 1.60. The first kappa shape index (κ1) is 18.6. The van der Waals surface area contributed by atoms with Crippen LogP contribution in [0.5, 0.6) is 0 Å². The van der Waals surface area contributed by atoms with E-state index >= 15 is 0 Å². The van der Waals surface area contributed by atoms with Crippen LogP contribution in [0.4, 0.5) is 10.2 Å². The summed E-state index contributed by atoms with van der Waals surface area (Å²) in [7, 11) is 0. The standard InChI is InChI=1S/C19H15ClFN3O3/c1-12(25)17-6-5-15(27-17)11-24-9-8-18(23-24)22-19(26)7-3-13-2-4-14(21)10-16(13)20/h2-10H,11H2,1H3,(H,22,23,26). The second-order valence-electron chi connectivity index (χ2n) is 5.71. The van der Waals surface area contributed by atoms with Crippen molar-refractivity contribution in [3.63, 3.8) is 0 Å². The monoisotopic (exact) mass is 387 g/mol. The zero-order chi connectivity index (χ0) is 19.4. The van der Waals surface area contributed by atoms with Gasteiger partial charge in [0.25, 0.3) is 0 Å². The Bertz CT molecular complexity index is 1020. The fourth-order valence-electron chi connectivity index (χ4n) is 2.30. The molecule has 1 aromatic carbocycles. The van der Waals surface area contributed by atoms with Crippen LogP contribution in [0.2, 0.25) is 5.02 Å². The molecule has 0 unspecified atom stereocenters. The highest BCUT2D eigenvalue weighted by atomic mass is 35.5. The van der Waals surface area contributed by atoms with Crippen LogP contribution in [0, 0.1) is 5.82 Å². The smallest absolute Gasteiger partial charge is 0.249 e. The lowest BCUT2D eigenvalue weighted by Gasteiger charge is -2.00. The topological polar surface area (TPSA) is 77.1 Å². The number of anilines is 1. The lowest BCUT2D eigenvalue weighted by atomic mass is 10.2. The van der Waals surface area contributed by atoms with E-state index in [-0.39, 0.29) is 16.6 Å². The molecule has 0 saturated carbocycles. The van der Waals surface area contributed by atoms with Crippen molar-refractivity contribution < 1.29 is 18.4 Å². The number of ketones is 1. The first-order valence-electron chi connectivity index (χ1n) is 7.98. The largest absolute Gasteiger partial charge is 0.456 e. The number of hydrogen-bond acceptors (Lipinski definition) is 4. The Morgan fingerprint density at radius 3 is 2.81 bits per heavy atom. The molecule has 0 bridgehead atoms. The molecule has 0 fully saturated rings. The van der Waals surface area contributed by atoms with Crippen molar-refractivity contribution >= 4 is 35.2 Å². The van der Waals surface area contributed by atoms with Crippen molar-refractivity contribution in [2.75, 3.05) is 5.32 Å². The number of Topliss-reactive ketones (excluding diaryl/α,β-unsaturated/α-hetero) is 1. The predicted molar refractivity (Wildman–Crippen MR) is 99.1 cm³/mol. The third kappa shape index (κ3) is 4.92. The molecule has 0 spiro atoms. The molecule has 138 valence electrons. The van der Waals surface area contributed by atoms with Crippen molar-refractivity contribution in [1.29, 1.82) is 0 Å². The van der Waals surface area contributed by atoms with Crippen LogP contribution >= 0.6 is 11.6 Å². The molecule has 0 aliphatic carbocycles. The summed E-state index contributed by atoms with van der Waals surface area (Å²) in [5.74, 6) is 0.217. The third-order valence-corrected chi connectivity index (χ3v) is 3.92. The number of benzene rings is 1. The van der Waals surface area contributed by atoms with Crippen LogP contribution in [0.25, 0.3) is 6.08 Å². The quantitative estimate of drug-likeness (QED) is 0.508. The predicted octanol–water partition coefficient (Wildman–Crippen LogP) is 4.17. The summed E-state index contributed by atoms with van der Waals surface area (Å²) in [5, 5.41) is 7.04.